The van der Waals surface area contributed by atoms with Crippen molar-refractivity contribution in [3.63, 3.8) is 0 Å². The van der Waals surface area contributed by atoms with Crippen molar-refractivity contribution in [3.05, 3.63) is 45.8 Å². The number of halogens is 1. The van der Waals surface area contributed by atoms with Gasteiger partial charge in [0, 0.05) is 23.1 Å². The third-order valence-corrected chi connectivity index (χ3v) is 6.55. The number of hydrogen-bond donors (Lipinski definition) is 0. The molecule has 0 aliphatic carbocycles. The molecule has 1 aromatic carbocycles. The van der Waals surface area contributed by atoms with Crippen LogP contribution in [0.4, 0.5) is 5.69 Å². The van der Waals surface area contributed by atoms with Gasteiger partial charge in [-0.15, -0.1) is 6.58 Å². The molecule has 27 heavy (non-hydrogen) atoms. The minimum Gasteiger partial charge on any atom is -0.748 e. The molecule has 7 nitrogen and oxygen atoms in total. The number of anilines is 1. The van der Waals surface area contributed by atoms with Gasteiger partial charge >= 0.3 is 0 Å². The van der Waals surface area contributed by atoms with E-state index in [0.717, 1.165) is 21.1 Å². The van der Waals surface area contributed by atoms with E-state index in [1.54, 1.807) is 24.3 Å². The van der Waals surface area contributed by atoms with Gasteiger partial charge in [-0.25, -0.2) is 8.42 Å². The molecule has 1 saturated heterocycles. The van der Waals surface area contributed by atoms with Gasteiger partial charge in [-0.05, 0) is 18.2 Å². The summed E-state index contributed by atoms with van der Waals surface area (Å²) in [5.41, 5.74) is 1.43. The van der Waals surface area contributed by atoms with Crippen molar-refractivity contribution in [2.24, 2.45) is 0 Å². The fourth-order valence-corrected chi connectivity index (χ4v) is 4.93. The number of amides is 2. The highest BCUT2D eigenvalue weighted by molar-refractivity contribution is 9.10. The number of fused-ring (bicyclic) bond motifs is 1. The first kappa shape index (κ1) is 20.2. The quantitative estimate of drug-likeness (QED) is 0.271. The lowest BCUT2D eigenvalue weighted by Crippen LogP contribution is -2.33. The highest BCUT2D eigenvalue weighted by atomic mass is 79.9. The van der Waals surface area contributed by atoms with Gasteiger partial charge in [0.15, 0.2) is 0 Å². The Balaban J connectivity index is 2.06. The fraction of sp³-hybridized carbons (Fsp3) is 0.188. The molecule has 1 aromatic rings. The summed E-state index contributed by atoms with van der Waals surface area (Å²) in [6.45, 7) is 3.58. The van der Waals surface area contributed by atoms with E-state index in [9.17, 15) is 22.6 Å². The van der Waals surface area contributed by atoms with E-state index < -0.39 is 21.8 Å². The second-order valence-electron chi connectivity index (χ2n) is 5.66. The summed E-state index contributed by atoms with van der Waals surface area (Å²) in [7, 11) is -4.50. The van der Waals surface area contributed by atoms with E-state index in [2.05, 4.69) is 22.5 Å². The van der Waals surface area contributed by atoms with E-state index in [1.807, 2.05) is 0 Å². The van der Waals surface area contributed by atoms with Gasteiger partial charge in [-0.1, -0.05) is 46.0 Å². The van der Waals surface area contributed by atoms with Crippen molar-refractivity contribution < 1.29 is 22.6 Å². The van der Waals surface area contributed by atoms with Crippen LogP contribution < -0.4 is 4.90 Å². The molecular formula is C16H12BrN2O5S3-. The summed E-state index contributed by atoms with van der Waals surface area (Å²) in [6.07, 6.45) is 1.58. The van der Waals surface area contributed by atoms with Crippen molar-refractivity contribution in [1.29, 1.82) is 0 Å². The zero-order valence-electron chi connectivity index (χ0n) is 13.7. The number of benzene rings is 1. The molecule has 0 saturated carbocycles. The summed E-state index contributed by atoms with van der Waals surface area (Å²) >= 11 is 9.44. The number of thiocarbonyl (C=S) groups is 1. The van der Waals surface area contributed by atoms with Gasteiger partial charge in [0.2, 0.25) is 0 Å². The second kappa shape index (κ2) is 7.47. The minimum atomic E-state index is -4.50. The third kappa shape index (κ3) is 3.87. The number of carbonyl (C=O) groups is 2. The molecule has 0 atom stereocenters. The second-order valence-corrected chi connectivity index (χ2v) is 9.74. The minimum absolute atomic E-state index is 0.109. The molecule has 3 rings (SSSR count). The Morgan fingerprint density at radius 3 is 2.59 bits per heavy atom. The maximum absolute atomic E-state index is 13.0. The Kier molecular flexibility index (Phi) is 5.59. The topological polar surface area (TPSA) is 97.8 Å². The maximum atomic E-state index is 13.0. The first-order valence-corrected chi connectivity index (χ1v) is 11.2. The van der Waals surface area contributed by atoms with E-state index in [4.69, 9.17) is 12.2 Å². The molecule has 0 spiro atoms. The van der Waals surface area contributed by atoms with Crippen LogP contribution in [0.5, 0.6) is 0 Å². The SMILES string of the molecule is C=CCN1C(=O)/C(=C2\SC(=S)N(CCS(=O)(=O)[O-])C2=O)c2cc(Br)ccc21. The zero-order chi connectivity index (χ0) is 19.9. The summed E-state index contributed by atoms with van der Waals surface area (Å²) in [4.78, 5) is 28.4. The number of hydrogen-bond acceptors (Lipinski definition) is 7. The lowest BCUT2D eigenvalue weighted by molar-refractivity contribution is -0.122. The van der Waals surface area contributed by atoms with Crippen LogP contribution in [0.1, 0.15) is 5.56 Å². The van der Waals surface area contributed by atoms with Gasteiger partial charge in [0.05, 0.1) is 32.0 Å². The lowest BCUT2D eigenvalue weighted by atomic mass is 10.1. The molecule has 0 radical (unpaired) electrons. The van der Waals surface area contributed by atoms with Crippen LogP contribution in [0.2, 0.25) is 0 Å². The van der Waals surface area contributed by atoms with Crippen molar-refractivity contribution >= 4 is 77.4 Å². The first-order chi connectivity index (χ1) is 12.6. The van der Waals surface area contributed by atoms with Crippen LogP contribution in [0.25, 0.3) is 5.57 Å². The van der Waals surface area contributed by atoms with Crippen molar-refractivity contribution in [3.8, 4) is 0 Å². The number of nitrogens with zero attached hydrogens (tertiary/aromatic N) is 2. The average molecular weight is 488 g/mol. The number of thioether (sulfide) groups is 1. The molecular weight excluding hydrogens is 476 g/mol. The smallest absolute Gasteiger partial charge is 0.267 e. The van der Waals surface area contributed by atoms with Gasteiger partial charge in [0.25, 0.3) is 11.8 Å². The van der Waals surface area contributed by atoms with Crippen molar-refractivity contribution in [1.82, 2.24) is 4.90 Å². The summed E-state index contributed by atoms with van der Waals surface area (Å²) < 4.78 is 33.5. The number of rotatable bonds is 5. The lowest BCUT2D eigenvalue weighted by Gasteiger charge is -2.15. The summed E-state index contributed by atoms with van der Waals surface area (Å²) in [5.74, 6) is -1.69. The molecule has 2 amide bonds. The molecule has 0 aromatic heterocycles. The fourth-order valence-electron chi connectivity index (χ4n) is 2.78. The molecule has 142 valence electrons. The van der Waals surface area contributed by atoms with Gasteiger partial charge in [-0.3, -0.25) is 14.5 Å². The maximum Gasteiger partial charge on any atom is 0.267 e. The van der Waals surface area contributed by atoms with Gasteiger partial charge in [-0.2, -0.15) is 0 Å². The average Bonchev–Trinajstić information content (AvgIpc) is 2.99. The predicted molar refractivity (Wildman–Crippen MR) is 110 cm³/mol. The van der Waals surface area contributed by atoms with Crippen LogP contribution in [-0.2, 0) is 19.7 Å². The molecule has 2 aliphatic rings. The van der Waals surface area contributed by atoms with E-state index >= 15 is 0 Å². The van der Waals surface area contributed by atoms with Gasteiger partial charge < -0.3 is 9.45 Å². The summed E-state index contributed by atoms with van der Waals surface area (Å²) in [6, 6.07) is 5.29. The first-order valence-electron chi connectivity index (χ1n) is 7.58. The molecule has 11 heteroatoms. The molecule has 2 heterocycles. The Labute approximate surface area is 174 Å². The Hall–Kier alpha value is -1.53. The van der Waals surface area contributed by atoms with Crippen LogP contribution in [0.3, 0.4) is 0 Å². The molecule has 2 aliphatic heterocycles. The monoisotopic (exact) mass is 487 g/mol. The van der Waals surface area contributed by atoms with E-state index in [1.165, 1.54) is 4.90 Å². The third-order valence-electron chi connectivity index (χ3n) is 3.93. The van der Waals surface area contributed by atoms with Crippen LogP contribution >= 0.6 is 39.9 Å². The number of carbonyl (C=O) groups excluding carboxylic acids is 2. The normalized spacial score (nSPS) is 19.9. The predicted octanol–water partition coefficient (Wildman–Crippen LogP) is 2.10. The Morgan fingerprint density at radius 2 is 1.96 bits per heavy atom. The van der Waals surface area contributed by atoms with Crippen LogP contribution in [-0.4, -0.2) is 52.8 Å². The van der Waals surface area contributed by atoms with E-state index in [-0.39, 0.29) is 33.8 Å². The standard InChI is InChI=1S/C16H13BrN2O5S3/c1-2-5-18-11-4-3-9(17)8-10(11)12(14(18)20)13-15(21)19(16(25)26-13)6-7-27(22,23)24/h2-4,8H,1,5-7H2,(H,22,23,24)/p-1/b13-12-. The highest BCUT2D eigenvalue weighted by Gasteiger charge is 2.41. The molecule has 0 N–H and O–H groups in total. The Bertz CT molecular complexity index is 1020. The van der Waals surface area contributed by atoms with Crippen LogP contribution in [0, 0.1) is 0 Å². The van der Waals surface area contributed by atoms with Gasteiger partial charge in [0.1, 0.15) is 4.32 Å². The summed E-state index contributed by atoms with van der Waals surface area (Å²) in [5, 5.41) is 0. The van der Waals surface area contributed by atoms with Crippen molar-refractivity contribution in [2.75, 3.05) is 23.7 Å². The van der Waals surface area contributed by atoms with Crippen LogP contribution in [0.15, 0.2) is 40.2 Å². The highest BCUT2D eigenvalue weighted by Crippen LogP contribution is 2.45. The van der Waals surface area contributed by atoms with Crippen molar-refractivity contribution in [2.45, 2.75) is 0 Å². The Morgan fingerprint density at radius 1 is 1.26 bits per heavy atom. The van der Waals surface area contributed by atoms with E-state index in [0.29, 0.717) is 11.3 Å². The molecule has 0 unspecified atom stereocenters. The molecule has 0 bridgehead atoms. The molecule has 1 fully saturated rings. The largest absolute Gasteiger partial charge is 0.748 e. The zero-order valence-corrected chi connectivity index (χ0v) is 17.7.